The van der Waals surface area contributed by atoms with Crippen LogP contribution >= 0.6 is 0 Å². The van der Waals surface area contributed by atoms with Gasteiger partial charge in [0, 0.05) is 19.1 Å². The van der Waals surface area contributed by atoms with Crippen molar-refractivity contribution in [1.29, 1.82) is 0 Å². The summed E-state index contributed by atoms with van der Waals surface area (Å²) in [6, 6.07) is 4.14. The molecule has 1 unspecified atom stereocenters. The lowest BCUT2D eigenvalue weighted by Gasteiger charge is -2.12. The molecule has 1 aliphatic heterocycles. The van der Waals surface area contributed by atoms with Gasteiger partial charge in [0.25, 0.3) is 0 Å². The zero-order valence-electron chi connectivity index (χ0n) is 10.2. The van der Waals surface area contributed by atoms with Crippen LogP contribution < -0.4 is 5.32 Å². The largest absolute Gasteiger partial charge is 0.465 e. The number of hydrogen-bond donors (Lipinski definition) is 1. The van der Waals surface area contributed by atoms with Gasteiger partial charge in [-0.2, -0.15) is 0 Å². The zero-order chi connectivity index (χ0) is 13.0. The number of benzene rings is 1. The Morgan fingerprint density at radius 1 is 1.61 bits per heavy atom. The van der Waals surface area contributed by atoms with Crippen molar-refractivity contribution in [2.75, 3.05) is 32.2 Å². The molecule has 1 heterocycles. The summed E-state index contributed by atoms with van der Waals surface area (Å²) in [7, 11) is 1.30. The van der Waals surface area contributed by atoms with Gasteiger partial charge in [-0.25, -0.2) is 9.18 Å². The lowest BCUT2D eigenvalue weighted by molar-refractivity contribution is 0.0600. The van der Waals surface area contributed by atoms with Crippen LogP contribution in [0.25, 0.3) is 0 Å². The van der Waals surface area contributed by atoms with E-state index in [1.807, 2.05) is 0 Å². The molecule has 0 saturated carbocycles. The summed E-state index contributed by atoms with van der Waals surface area (Å²) in [6.45, 7) is 2.10. The molecule has 1 fully saturated rings. The summed E-state index contributed by atoms with van der Waals surface area (Å²) in [5.74, 6) is -0.449. The Morgan fingerprint density at radius 2 is 2.44 bits per heavy atom. The molecule has 1 aromatic carbocycles. The highest BCUT2D eigenvalue weighted by Crippen LogP contribution is 2.19. The van der Waals surface area contributed by atoms with Gasteiger partial charge in [0.1, 0.15) is 5.82 Å². The van der Waals surface area contributed by atoms with Gasteiger partial charge in [0.2, 0.25) is 0 Å². The Morgan fingerprint density at radius 3 is 3.11 bits per heavy atom. The van der Waals surface area contributed by atoms with Gasteiger partial charge < -0.3 is 14.8 Å². The van der Waals surface area contributed by atoms with Crippen molar-refractivity contribution < 1.29 is 18.7 Å². The SMILES string of the molecule is COC(=O)c1ccc(F)c(NCC2CCOC2)c1. The van der Waals surface area contributed by atoms with Gasteiger partial charge in [0.05, 0.1) is 25.0 Å². The normalized spacial score (nSPS) is 18.7. The molecule has 1 aromatic rings. The number of esters is 1. The summed E-state index contributed by atoms with van der Waals surface area (Å²) >= 11 is 0. The highest BCUT2D eigenvalue weighted by molar-refractivity contribution is 5.90. The van der Waals surface area contributed by atoms with Crippen LogP contribution in [0.1, 0.15) is 16.8 Å². The van der Waals surface area contributed by atoms with Crippen molar-refractivity contribution in [2.24, 2.45) is 5.92 Å². The monoisotopic (exact) mass is 253 g/mol. The predicted molar refractivity (Wildman–Crippen MR) is 65.2 cm³/mol. The molecule has 0 radical (unpaired) electrons. The second-order valence-corrected chi connectivity index (χ2v) is 4.30. The number of carbonyl (C=O) groups excluding carboxylic acids is 1. The lowest BCUT2D eigenvalue weighted by atomic mass is 10.1. The first-order valence-electron chi connectivity index (χ1n) is 5.90. The first-order valence-corrected chi connectivity index (χ1v) is 5.90. The van der Waals surface area contributed by atoms with Gasteiger partial charge in [-0.1, -0.05) is 0 Å². The number of hydrogen-bond acceptors (Lipinski definition) is 4. The second-order valence-electron chi connectivity index (χ2n) is 4.30. The van der Waals surface area contributed by atoms with Crippen LogP contribution in [-0.2, 0) is 9.47 Å². The maximum atomic E-state index is 13.6. The summed E-state index contributed by atoms with van der Waals surface area (Å²) in [6.07, 6.45) is 0.977. The van der Waals surface area contributed by atoms with E-state index >= 15 is 0 Å². The van der Waals surface area contributed by atoms with Crippen LogP contribution in [0.15, 0.2) is 18.2 Å². The van der Waals surface area contributed by atoms with Crippen molar-refractivity contribution in [2.45, 2.75) is 6.42 Å². The highest BCUT2D eigenvalue weighted by atomic mass is 19.1. The van der Waals surface area contributed by atoms with Gasteiger partial charge in [-0.3, -0.25) is 0 Å². The number of rotatable bonds is 4. The van der Waals surface area contributed by atoms with E-state index in [1.54, 1.807) is 0 Å². The fourth-order valence-electron chi connectivity index (χ4n) is 1.90. The maximum absolute atomic E-state index is 13.6. The maximum Gasteiger partial charge on any atom is 0.337 e. The molecular weight excluding hydrogens is 237 g/mol. The topological polar surface area (TPSA) is 47.6 Å². The molecule has 0 bridgehead atoms. The van der Waals surface area contributed by atoms with E-state index in [1.165, 1.54) is 25.3 Å². The Hall–Kier alpha value is -1.62. The predicted octanol–water partition coefficient (Wildman–Crippen LogP) is 2.06. The molecule has 98 valence electrons. The summed E-state index contributed by atoms with van der Waals surface area (Å²) < 4.78 is 23.4. The van der Waals surface area contributed by atoms with Crippen LogP contribution in [0.4, 0.5) is 10.1 Å². The number of nitrogens with one attached hydrogen (secondary N) is 1. The van der Waals surface area contributed by atoms with Crippen molar-refractivity contribution >= 4 is 11.7 Å². The van der Waals surface area contributed by atoms with Gasteiger partial charge in [-0.15, -0.1) is 0 Å². The van der Waals surface area contributed by atoms with Crippen molar-refractivity contribution in [3.05, 3.63) is 29.6 Å². The molecule has 0 aromatic heterocycles. The number of methoxy groups -OCH3 is 1. The number of carbonyl (C=O) groups is 1. The quantitative estimate of drug-likeness (QED) is 0.834. The third-order valence-corrected chi connectivity index (χ3v) is 2.99. The van der Waals surface area contributed by atoms with E-state index in [0.717, 1.165) is 13.0 Å². The van der Waals surface area contributed by atoms with Gasteiger partial charge >= 0.3 is 5.97 Å². The molecule has 0 spiro atoms. The van der Waals surface area contributed by atoms with E-state index in [2.05, 4.69) is 10.1 Å². The molecule has 1 N–H and O–H groups in total. The number of anilines is 1. The van der Waals surface area contributed by atoms with Crippen LogP contribution in [0.5, 0.6) is 0 Å². The third-order valence-electron chi connectivity index (χ3n) is 2.99. The molecule has 1 aliphatic rings. The Balaban J connectivity index is 2.03. The summed E-state index contributed by atoms with van der Waals surface area (Å²) in [4.78, 5) is 11.3. The Bertz CT molecular complexity index is 430. The minimum atomic E-state index is -0.470. The Kier molecular flexibility index (Phi) is 4.15. The van der Waals surface area contributed by atoms with E-state index in [-0.39, 0.29) is 5.82 Å². The lowest BCUT2D eigenvalue weighted by Crippen LogP contribution is -2.15. The molecule has 0 amide bonds. The number of halogens is 1. The van der Waals surface area contributed by atoms with E-state index in [9.17, 15) is 9.18 Å². The highest BCUT2D eigenvalue weighted by Gasteiger charge is 2.16. The van der Waals surface area contributed by atoms with Crippen LogP contribution in [0.2, 0.25) is 0 Å². The second kappa shape index (κ2) is 5.82. The summed E-state index contributed by atoms with van der Waals surface area (Å²) in [5.41, 5.74) is 0.661. The van der Waals surface area contributed by atoms with Gasteiger partial charge in [0.15, 0.2) is 0 Å². The molecule has 1 saturated heterocycles. The first kappa shape index (κ1) is 12.8. The van der Waals surface area contributed by atoms with Gasteiger partial charge in [-0.05, 0) is 24.6 Å². The molecule has 4 nitrogen and oxygen atoms in total. The van der Waals surface area contributed by atoms with Crippen molar-refractivity contribution in [3.63, 3.8) is 0 Å². The zero-order valence-corrected chi connectivity index (χ0v) is 10.2. The molecular formula is C13H16FNO3. The van der Waals surface area contributed by atoms with Crippen LogP contribution in [-0.4, -0.2) is 32.8 Å². The van der Waals surface area contributed by atoms with E-state index < -0.39 is 5.97 Å². The van der Waals surface area contributed by atoms with Crippen molar-refractivity contribution in [1.82, 2.24) is 0 Å². The van der Waals surface area contributed by atoms with E-state index in [4.69, 9.17) is 4.74 Å². The standard InChI is InChI=1S/C13H16FNO3/c1-17-13(16)10-2-3-11(14)12(6-10)15-7-9-4-5-18-8-9/h2-3,6,9,15H,4-5,7-8H2,1H3. The van der Waals surface area contributed by atoms with Crippen molar-refractivity contribution in [3.8, 4) is 0 Å². The minimum Gasteiger partial charge on any atom is -0.465 e. The fraction of sp³-hybridized carbons (Fsp3) is 0.462. The molecule has 0 aliphatic carbocycles. The van der Waals surface area contributed by atoms with Crippen LogP contribution in [0, 0.1) is 11.7 Å². The molecule has 1 atom stereocenters. The van der Waals surface area contributed by atoms with Crippen LogP contribution in [0.3, 0.4) is 0 Å². The summed E-state index contributed by atoms with van der Waals surface area (Å²) in [5, 5.41) is 3.01. The third kappa shape index (κ3) is 2.98. The molecule has 5 heteroatoms. The average molecular weight is 253 g/mol. The Labute approximate surface area is 105 Å². The average Bonchev–Trinajstić information content (AvgIpc) is 2.90. The van der Waals surface area contributed by atoms with E-state index in [0.29, 0.717) is 30.3 Å². The minimum absolute atomic E-state index is 0.324. The fourth-order valence-corrected chi connectivity index (χ4v) is 1.90. The first-order chi connectivity index (χ1) is 8.70. The molecule has 18 heavy (non-hydrogen) atoms. The smallest absolute Gasteiger partial charge is 0.337 e. The number of ether oxygens (including phenoxy) is 2. The molecule has 2 rings (SSSR count).